The fourth-order valence-electron chi connectivity index (χ4n) is 2.69. The topological polar surface area (TPSA) is 48.3 Å². The molecule has 0 saturated carbocycles. The van der Waals surface area contributed by atoms with E-state index in [1.54, 1.807) is 7.11 Å². The average molecular weight is 321 g/mol. The highest BCUT2D eigenvalue weighted by molar-refractivity contribution is 7.11. The van der Waals surface area contributed by atoms with Crippen molar-refractivity contribution in [2.24, 2.45) is 0 Å². The molecule has 0 radical (unpaired) electrons. The van der Waals surface area contributed by atoms with E-state index < -0.39 is 0 Å². The smallest absolute Gasteiger partial charge is 0.114 e. The summed E-state index contributed by atoms with van der Waals surface area (Å²) < 4.78 is 13.0. The number of thiophene rings is 1. The van der Waals surface area contributed by atoms with Gasteiger partial charge in [0.1, 0.15) is 6.10 Å². The molecule has 22 heavy (non-hydrogen) atoms. The van der Waals surface area contributed by atoms with Crippen LogP contribution in [-0.2, 0) is 29.0 Å². The van der Waals surface area contributed by atoms with E-state index >= 15 is 0 Å². The minimum atomic E-state index is 0.0496. The second kappa shape index (κ2) is 7.37. The monoisotopic (exact) mass is 321 g/mol. The number of nitrogens with zero attached hydrogens (tertiary/aromatic N) is 2. The zero-order valence-corrected chi connectivity index (χ0v) is 14.0. The lowest BCUT2D eigenvalue weighted by molar-refractivity contribution is 0.0392. The summed E-state index contributed by atoms with van der Waals surface area (Å²) in [5.74, 6) is 0. The van der Waals surface area contributed by atoms with Gasteiger partial charge in [0, 0.05) is 36.2 Å². The Bertz CT molecular complexity index is 608. The van der Waals surface area contributed by atoms with Crippen molar-refractivity contribution in [3.05, 3.63) is 39.3 Å². The van der Waals surface area contributed by atoms with Crippen molar-refractivity contribution in [2.75, 3.05) is 26.9 Å². The highest BCUT2D eigenvalue weighted by atomic mass is 32.1. The fourth-order valence-corrected chi connectivity index (χ4v) is 3.55. The van der Waals surface area contributed by atoms with Gasteiger partial charge in [0.15, 0.2) is 0 Å². The van der Waals surface area contributed by atoms with E-state index in [0.29, 0.717) is 6.61 Å². The first-order valence-electron chi connectivity index (χ1n) is 7.69. The second-order valence-corrected chi connectivity index (χ2v) is 6.92. The number of fused-ring (bicyclic) bond motifs is 1. The first kappa shape index (κ1) is 15.7. The van der Waals surface area contributed by atoms with Crippen LogP contribution in [-0.4, -0.2) is 36.6 Å². The van der Waals surface area contributed by atoms with E-state index in [4.69, 9.17) is 9.47 Å². The van der Waals surface area contributed by atoms with Gasteiger partial charge in [-0.3, -0.25) is 4.68 Å². The summed E-state index contributed by atoms with van der Waals surface area (Å²) in [7, 11) is 1.71. The Hall–Kier alpha value is -1.21. The Labute approximate surface area is 135 Å². The zero-order valence-electron chi connectivity index (χ0n) is 13.2. The Morgan fingerprint density at radius 3 is 3.18 bits per heavy atom. The minimum Gasteiger partial charge on any atom is -0.383 e. The van der Waals surface area contributed by atoms with E-state index in [1.807, 2.05) is 16.0 Å². The number of ether oxygens (including phenoxy) is 2. The number of rotatable bonds is 7. The molecule has 120 valence electrons. The van der Waals surface area contributed by atoms with Crippen molar-refractivity contribution in [3.8, 4) is 0 Å². The van der Waals surface area contributed by atoms with Gasteiger partial charge in [-0.05, 0) is 31.0 Å². The summed E-state index contributed by atoms with van der Waals surface area (Å²) in [5, 5.41) is 8.16. The number of methoxy groups -OCH3 is 1. The van der Waals surface area contributed by atoms with Gasteiger partial charge in [-0.15, -0.1) is 11.3 Å². The van der Waals surface area contributed by atoms with E-state index in [2.05, 4.69) is 35.7 Å². The van der Waals surface area contributed by atoms with Gasteiger partial charge < -0.3 is 14.8 Å². The average Bonchev–Trinajstić information content (AvgIpc) is 3.11. The minimum absolute atomic E-state index is 0.0496. The van der Waals surface area contributed by atoms with Crippen LogP contribution < -0.4 is 5.32 Å². The van der Waals surface area contributed by atoms with Crippen molar-refractivity contribution in [1.29, 1.82) is 0 Å². The number of hydrogen-bond donors (Lipinski definition) is 1. The first-order chi connectivity index (χ1) is 10.8. The summed E-state index contributed by atoms with van der Waals surface area (Å²) in [6.45, 7) is 6.06. The Balaban J connectivity index is 1.57. The maximum Gasteiger partial charge on any atom is 0.114 e. The molecule has 1 aliphatic rings. The van der Waals surface area contributed by atoms with Crippen LogP contribution in [0, 0.1) is 6.92 Å². The molecule has 3 rings (SSSR count). The maximum absolute atomic E-state index is 5.90. The molecule has 0 bridgehead atoms. The summed E-state index contributed by atoms with van der Waals surface area (Å²) >= 11 is 1.84. The molecule has 6 heteroatoms. The van der Waals surface area contributed by atoms with Gasteiger partial charge in [-0.2, -0.15) is 5.10 Å². The summed E-state index contributed by atoms with van der Waals surface area (Å²) in [6.07, 6.45) is 3.13. The van der Waals surface area contributed by atoms with Crippen LogP contribution in [0.1, 0.15) is 27.1 Å². The largest absolute Gasteiger partial charge is 0.383 e. The second-order valence-electron chi connectivity index (χ2n) is 5.55. The van der Waals surface area contributed by atoms with Crippen molar-refractivity contribution in [2.45, 2.75) is 32.5 Å². The van der Waals surface area contributed by atoms with Crippen molar-refractivity contribution < 1.29 is 9.47 Å². The van der Waals surface area contributed by atoms with Crippen molar-refractivity contribution in [1.82, 2.24) is 15.1 Å². The molecule has 2 aromatic rings. The normalized spacial score (nSPS) is 17.6. The van der Waals surface area contributed by atoms with Crippen LogP contribution in [0.3, 0.4) is 0 Å². The van der Waals surface area contributed by atoms with Crippen molar-refractivity contribution in [3.63, 3.8) is 0 Å². The lowest BCUT2D eigenvalue weighted by Gasteiger charge is -2.22. The SMILES string of the molecule is COCCn1cc2c(n1)[C@H](CNCc1ccc(C)s1)OCC2. The van der Waals surface area contributed by atoms with Gasteiger partial charge in [-0.1, -0.05) is 0 Å². The van der Waals surface area contributed by atoms with Crippen LogP contribution in [0.5, 0.6) is 0 Å². The van der Waals surface area contributed by atoms with Gasteiger partial charge in [0.05, 0.1) is 25.5 Å². The molecule has 0 aliphatic carbocycles. The molecule has 0 spiro atoms. The van der Waals surface area contributed by atoms with Gasteiger partial charge in [0.25, 0.3) is 0 Å². The molecule has 2 aromatic heterocycles. The maximum atomic E-state index is 5.90. The summed E-state index contributed by atoms with van der Waals surface area (Å²) in [4.78, 5) is 2.71. The van der Waals surface area contributed by atoms with Crippen molar-refractivity contribution >= 4 is 11.3 Å². The van der Waals surface area contributed by atoms with E-state index in [1.165, 1.54) is 15.3 Å². The number of nitrogens with one attached hydrogen (secondary N) is 1. The predicted molar refractivity (Wildman–Crippen MR) is 87.3 cm³/mol. The lowest BCUT2D eigenvalue weighted by atomic mass is 10.1. The highest BCUT2D eigenvalue weighted by Gasteiger charge is 2.24. The Kier molecular flexibility index (Phi) is 5.25. The van der Waals surface area contributed by atoms with E-state index in [9.17, 15) is 0 Å². The van der Waals surface area contributed by atoms with Gasteiger partial charge >= 0.3 is 0 Å². The number of aryl methyl sites for hydroxylation is 1. The Morgan fingerprint density at radius 1 is 1.50 bits per heavy atom. The quantitative estimate of drug-likeness (QED) is 0.850. The van der Waals surface area contributed by atoms with Crippen LogP contribution >= 0.6 is 11.3 Å². The van der Waals surface area contributed by atoms with Gasteiger partial charge in [0.2, 0.25) is 0 Å². The van der Waals surface area contributed by atoms with E-state index in [0.717, 1.165) is 38.4 Å². The molecule has 1 aliphatic heterocycles. The molecular weight excluding hydrogens is 298 g/mol. The first-order valence-corrected chi connectivity index (χ1v) is 8.50. The van der Waals surface area contributed by atoms with Crippen LogP contribution in [0.2, 0.25) is 0 Å². The summed E-state index contributed by atoms with van der Waals surface area (Å²) in [6, 6.07) is 4.34. The van der Waals surface area contributed by atoms with E-state index in [-0.39, 0.29) is 6.10 Å². The molecule has 3 heterocycles. The number of hydrogen-bond acceptors (Lipinski definition) is 5. The molecule has 0 amide bonds. The molecular formula is C16H23N3O2S. The third-order valence-corrected chi connectivity index (χ3v) is 4.82. The third-order valence-electron chi connectivity index (χ3n) is 3.81. The van der Waals surface area contributed by atoms with Gasteiger partial charge in [-0.25, -0.2) is 0 Å². The lowest BCUT2D eigenvalue weighted by Crippen LogP contribution is -2.27. The highest BCUT2D eigenvalue weighted by Crippen LogP contribution is 2.25. The molecule has 0 unspecified atom stereocenters. The number of aromatic nitrogens is 2. The molecule has 5 nitrogen and oxygen atoms in total. The molecule has 0 saturated heterocycles. The summed E-state index contributed by atoms with van der Waals surface area (Å²) in [5.41, 5.74) is 2.39. The van der Waals surface area contributed by atoms with Crippen LogP contribution in [0.25, 0.3) is 0 Å². The van der Waals surface area contributed by atoms with Crippen LogP contribution in [0.4, 0.5) is 0 Å². The predicted octanol–water partition coefficient (Wildman–Crippen LogP) is 2.30. The fraction of sp³-hybridized carbons (Fsp3) is 0.562. The standard InChI is InChI=1S/C16H23N3O2S/c1-12-3-4-14(22-12)9-17-10-15-16-13(5-7-21-15)11-19(18-16)6-8-20-2/h3-4,11,15,17H,5-10H2,1-2H3/t15-/m0/s1. The molecule has 0 aromatic carbocycles. The third kappa shape index (κ3) is 3.76. The Morgan fingerprint density at radius 2 is 2.41 bits per heavy atom. The molecule has 0 fully saturated rings. The molecule has 1 N–H and O–H groups in total. The van der Waals surface area contributed by atoms with Crippen LogP contribution in [0.15, 0.2) is 18.3 Å². The molecule has 1 atom stereocenters. The zero-order chi connectivity index (χ0) is 15.4.